The maximum absolute atomic E-state index is 12.2. The van der Waals surface area contributed by atoms with Crippen molar-refractivity contribution in [2.45, 2.75) is 31.7 Å². The number of nitrogens with zero attached hydrogens (tertiary/aromatic N) is 2. The lowest BCUT2D eigenvalue weighted by atomic mass is 10.1. The van der Waals surface area contributed by atoms with Crippen molar-refractivity contribution in [1.29, 1.82) is 0 Å². The zero-order chi connectivity index (χ0) is 13.9. The van der Waals surface area contributed by atoms with E-state index in [9.17, 15) is 4.79 Å². The molecule has 1 aliphatic heterocycles. The van der Waals surface area contributed by atoms with Gasteiger partial charge in [0.25, 0.3) is 0 Å². The van der Waals surface area contributed by atoms with Gasteiger partial charge >= 0.3 is 0 Å². The van der Waals surface area contributed by atoms with E-state index in [1.807, 2.05) is 29.2 Å². The van der Waals surface area contributed by atoms with Crippen molar-refractivity contribution in [2.75, 3.05) is 31.9 Å². The van der Waals surface area contributed by atoms with Gasteiger partial charge in [-0.1, -0.05) is 12.1 Å². The van der Waals surface area contributed by atoms with Crippen LogP contribution in [0.4, 0.5) is 5.69 Å². The number of rotatable bonds is 4. The lowest BCUT2D eigenvalue weighted by Gasteiger charge is -2.34. The van der Waals surface area contributed by atoms with Crippen LogP contribution in [0.3, 0.4) is 0 Å². The Hall–Kier alpha value is -1.55. The Kier molecular flexibility index (Phi) is 3.92. The van der Waals surface area contributed by atoms with E-state index in [2.05, 4.69) is 4.90 Å². The number of benzene rings is 1. The van der Waals surface area contributed by atoms with E-state index in [0.717, 1.165) is 49.9 Å². The first-order chi connectivity index (χ1) is 9.72. The molecule has 1 aromatic rings. The third-order valence-corrected chi connectivity index (χ3v) is 4.31. The number of piperazine rings is 1. The number of amides is 1. The Morgan fingerprint density at radius 3 is 2.60 bits per heavy atom. The number of carbonyl (C=O) groups excluding carboxylic acids is 1. The molecule has 2 aliphatic rings. The second-order valence-corrected chi connectivity index (χ2v) is 5.89. The summed E-state index contributed by atoms with van der Waals surface area (Å²) in [4.78, 5) is 16.8. The van der Waals surface area contributed by atoms with Crippen LogP contribution >= 0.6 is 0 Å². The molecule has 1 saturated heterocycles. The van der Waals surface area contributed by atoms with Gasteiger partial charge in [-0.25, -0.2) is 0 Å². The standard InChI is InChI=1S/C16H23N3O/c17-14-3-1-2-13(12-14)4-7-16(20)19-10-8-18(9-11-19)15-5-6-15/h1-3,12,15H,4-11,17H2. The average molecular weight is 273 g/mol. The molecule has 0 atom stereocenters. The topological polar surface area (TPSA) is 49.6 Å². The van der Waals surface area contributed by atoms with Crippen LogP contribution < -0.4 is 5.73 Å². The van der Waals surface area contributed by atoms with Crippen LogP contribution in [0.2, 0.25) is 0 Å². The van der Waals surface area contributed by atoms with Gasteiger partial charge in [0.2, 0.25) is 5.91 Å². The molecule has 2 fully saturated rings. The summed E-state index contributed by atoms with van der Waals surface area (Å²) in [6.07, 6.45) is 4.08. The molecule has 108 valence electrons. The van der Waals surface area contributed by atoms with E-state index in [4.69, 9.17) is 5.73 Å². The Balaban J connectivity index is 1.45. The van der Waals surface area contributed by atoms with Crippen molar-refractivity contribution in [1.82, 2.24) is 9.80 Å². The van der Waals surface area contributed by atoms with E-state index < -0.39 is 0 Å². The summed E-state index contributed by atoms with van der Waals surface area (Å²) in [7, 11) is 0. The van der Waals surface area contributed by atoms with Crippen molar-refractivity contribution in [2.24, 2.45) is 0 Å². The first-order valence-electron chi connectivity index (χ1n) is 7.58. The fraction of sp³-hybridized carbons (Fsp3) is 0.562. The lowest BCUT2D eigenvalue weighted by molar-refractivity contribution is -0.133. The molecule has 4 nitrogen and oxygen atoms in total. The number of aryl methyl sites for hydroxylation is 1. The van der Waals surface area contributed by atoms with Gasteiger partial charge in [0.15, 0.2) is 0 Å². The molecular weight excluding hydrogens is 250 g/mol. The number of nitrogens with two attached hydrogens (primary N) is 1. The lowest BCUT2D eigenvalue weighted by Crippen LogP contribution is -2.49. The van der Waals surface area contributed by atoms with E-state index in [-0.39, 0.29) is 5.91 Å². The van der Waals surface area contributed by atoms with Gasteiger partial charge in [-0.2, -0.15) is 0 Å². The predicted octanol–water partition coefficient (Wildman–Crippen LogP) is 1.51. The fourth-order valence-corrected chi connectivity index (χ4v) is 2.93. The summed E-state index contributed by atoms with van der Waals surface area (Å²) in [5, 5.41) is 0. The number of hydrogen-bond donors (Lipinski definition) is 1. The molecule has 1 aromatic carbocycles. The third-order valence-electron chi connectivity index (χ3n) is 4.31. The highest BCUT2D eigenvalue weighted by molar-refractivity contribution is 5.76. The SMILES string of the molecule is Nc1cccc(CCC(=O)N2CCN(C3CC3)CC2)c1. The third kappa shape index (κ3) is 3.31. The highest BCUT2D eigenvalue weighted by Crippen LogP contribution is 2.27. The number of nitrogen functional groups attached to an aromatic ring is 1. The molecule has 1 aliphatic carbocycles. The Morgan fingerprint density at radius 1 is 1.20 bits per heavy atom. The average Bonchev–Trinajstić information content (AvgIpc) is 3.30. The number of hydrogen-bond acceptors (Lipinski definition) is 3. The normalized spacial score (nSPS) is 20.1. The second-order valence-electron chi connectivity index (χ2n) is 5.89. The Morgan fingerprint density at radius 2 is 1.95 bits per heavy atom. The molecule has 0 unspecified atom stereocenters. The summed E-state index contributed by atoms with van der Waals surface area (Å²) in [6.45, 7) is 3.89. The molecular formula is C16H23N3O. The molecule has 1 amide bonds. The van der Waals surface area contributed by atoms with Gasteiger partial charge < -0.3 is 10.6 Å². The van der Waals surface area contributed by atoms with E-state index in [0.29, 0.717) is 6.42 Å². The molecule has 20 heavy (non-hydrogen) atoms. The smallest absolute Gasteiger partial charge is 0.222 e. The molecule has 3 rings (SSSR count). The molecule has 0 bridgehead atoms. The Labute approximate surface area is 120 Å². The summed E-state index contributed by atoms with van der Waals surface area (Å²) >= 11 is 0. The minimum Gasteiger partial charge on any atom is -0.399 e. The van der Waals surface area contributed by atoms with Crippen molar-refractivity contribution in [3.63, 3.8) is 0 Å². The van der Waals surface area contributed by atoms with Crippen LogP contribution in [-0.2, 0) is 11.2 Å². The summed E-state index contributed by atoms with van der Waals surface area (Å²) < 4.78 is 0. The van der Waals surface area contributed by atoms with E-state index in [1.165, 1.54) is 12.8 Å². The minimum absolute atomic E-state index is 0.280. The zero-order valence-corrected chi connectivity index (χ0v) is 11.9. The molecule has 4 heteroatoms. The highest BCUT2D eigenvalue weighted by atomic mass is 16.2. The highest BCUT2D eigenvalue weighted by Gasteiger charge is 2.31. The fourth-order valence-electron chi connectivity index (χ4n) is 2.93. The quantitative estimate of drug-likeness (QED) is 0.846. The van der Waals surface area contributed by atoms with Gasteiger partial charge in [-0.05, 0) is 37.0 Å². The molecule has 0 radical (unpaired) electrons. The maximum Gasteiger partial charge on any atom is 0.222 e. The van der Waals surface area contributed by atoms with Gasteiger partial charge in [-0.3, -0.25) is 9.69 Å². The van der Waals surface area contributed by atoms with Crippen LogP contribution in [0.5, 0.6) is 0 Å². The minimum atomic E-state index is 0.280. The number of anilines is 1. The molecule has 1 saturated carbocycles. The Bertz CT molecular complexity index is 476. The van der Waals surface area contributed by atoms with Crippen LogP contribution in [-0.4, -0.2) is 47.9 Å². The second kappa shape index (κ2) is 5.83. The van der Waals surface area contributed by atoms with Gasteiger partial charge in [-0.15, -0.1) is 0 Å². The van der Waals surface area contributed by atoms with Crippen LogP contribution in [0, 0.1) is 0 Å². The van der Waals surface area contributed by atoms with E-state index >= 15 is 0 Å². The van der Waals surface area contributed by atoms with Crippen molar-refractivity contribution >= 4 is 11.6 Å². The van der Waals surface area contributed by atoms with Crippen molar-refractivity contribution < 1.29 is 4.79 Å². The van der Waals surface area contributed by atoms with Gasteiger partial charge in [0.1, 0.15) is 0 Å². The molecule has 0 spiro atoms. The van der Waals surface area contributed by atoms with Crippen molar-refractivity contribution in [3.8, 4) is 0 Å². The molecule has 0 aromatic heterocycles. The van der Waals surface area contributed by atoms with Gasteiger partial charge in [0.05, 0.1) is 0 Å². The monoisotopic (exact) mass is 273 g/mol. The van der Waals surface area contributed by atoms with E-state index in [1.54, 1.807) is 0 Å². The van der Waals surface area contributed by atoms with Crippen LogP contribution in [0.1, 0.15) is 24.8 Å². The number of carbonyl (C=O) groups is 1. The predicted molar refractivity (Wildman–Crippen MR) is 80.4 cm³/mol. The summed E-state index contributed by atoms with van der Waals surface area (Å²) in [6, 6.07) is 8.64. The molecule has 1 heterocycles. The first-order valence-corrected chi connectivity index (χ1v) is 7.58. The van der Waals surface area contributed by atoms with Crippen molar-refractivity contribution in [3.05, 3.63) is 29.8 Å². The van der Waals surface area contributed by atoms with Crippen LogP contribution in [0.25, 0.3) is 0 Å². The maximum atomic E-state index is 12.2. The largest absolute Gasteiger partial charge is 0.399 e. The summed E-state index contributed by atoms with van der Waals surface area (Å²) in [5.41, 5.74) is 7.68. The molecule has 2 N–H and O–H groups in total. The van der Waals surface area contributed by atoms with Gasteiger partial charge in [0, 0.05) is 44.3 Å². The zero-order valence-electron chi connectivity index (χ0n) is 11.9. The summed E-state index contributed by atoms with van der Waals surface area (Å²) in [5.74, 6) is 0.280. The van der Waals surface area contributed by atoms with Crippen LogP contribution in [0.15, 0.2) is 24.3 Å². The first kappa shape index (κ1) is 13.4.